The number of allylic oxidation sites excluding steroid dienone is 3. The van der Waals surface area contributed by atoms with E-state index in [0.717, 1.165) is 6.42 Å². The van der Waals surface area contributed by atoms with Crippen LogP contribution < -0.4 is 15.6 Å². The minimum absolute atomic E-state index is 0.00649. The highest BCUT2D eigenvalue weighted by molar-refractivity contribution is 5.97. The van der Waals surface area contributed by atoms with Crippen LogP contribution in [0.2, 0.25) is 0 Å². The molecule has 2 amide bonds. The van der Waals surface area contributed by atoms with Crippen LogP contribution in [0, 0.1) is 0 Å². The molecule has 2 saturated heterocycles. The Hall–Kier alpha value is -3.34. The van der Waals surface area contributed by atoms with Crippen molar-refractivity contribution in [1.82, 2.24) is 20.4 Å². The SMILES string of the molecule is O=C(NC(c1cccc[nH+]1)C(F)(F)F)C1=C2C=CC=CN2C(C(=O)N2C[C@@H]3C[C@H]2CO3)N1. The molecule has 32 heavy (non-hydrogen) atoms. The summed E-state index contributed by atoms with van der Waals surface area (Å²) in [4.78, 5) is 32.0. The number of carbonyl (C=O) groups is 2. The number of alkyl halides is 3. The summed E-state index contributed by atoms with van der Waals surface area (Å²) in [6.45, 7) is 0.930. The van der Waals surface area contributed by atoms with Crippen molar-refractivity contribution in [2.24, 2.45) is 0 Å². The van der Waals surface area contributed by atoms with E-state index in [9.17, 15) is 22.8 Å². The van der Waals surface area contributed by atoms with Gasteiger partial charge in [-0.1, -0.05) is 12.1 Å². The summed E-state index contributed by atoms with van der Waals surface area (Å²) in [6, 6.07) is 1.99. The number of hydrogen-bond donors (Lipinski definition) is 2. The first-order chi connectivity index (χ1) is 15.3. The first-order valence-electron chi connectivity index (χ1n) is 10.2. The topological polar surface area (TPSA) is 88.1 Å². The Bertz CT molecular complexity index is 1020. The lowest BCUT2D eigenvalue weighted by Gasteiger charge is -2.33. The summed E-state index contributed by atoms with van der Waals surface area (Å²) in [5.41, 5.74) is 0.0465. The summed E-state index contributed by atoms with van der Waals surface area (Å²) in [5, 5.41) is 4.92. The van der Waals surface area contributed by atoms with Crippen LogP contribution in [0.1, 0.15) is 18.2 Å². The standard InChI is InChI=1S/C21H20F3N5O3/c22-21(23,24)17(14-5-1-3-7-25-14)27-19(30)16-15-6-2-4-8-28(15)18(26-16)20(31)29-10-13-9-12(29)11-32-13/h1-8,12-13,17-18,26H,9-11H2,(H,27,30)/p+1/t12-,13-,17?,18?/m0/s1. The fraction of sp³-hybridized carbons (Fsp3) is 0.381. The average molecular weight is 448 g/mol. The van der Waals surface area contributed by atoms with Gasteiger partial charge in [0.25, 0.3) is 11.8 Å². The normalized spacial score (nSPS) is 26.9. The molecule has 1 aromatic rings. The van der Waals surface area contributed by atoms with Crippen LogP contribution in [0.5, 0.6) is 0 Å². The smallest absolute Gasteiger partial charge is 0.374 e. The highest BCUT2D eigenvalue weighted by Crippen LogP contribution is 2.34. The van der Waals surface area contributed by atoms with Crippen molar-refractivity contribution in [3.05, 3.63) is 65.9 Å². The first-order valence-corrected chi connectivity index (χ1v) is 10.2. The minimum Gasteiger partial charge on any atom is -0.374 e. The molecule has 11 heteroatoms. The molecule has 0 aliphatic carbocycles. The molecule has 4 aliphatic heterocycles. The van der Waals surface area contributed by atoms with Crippen molar-refractivity contribution >= 4 is 11.8 Å². The number of fused-ring (bicyclic) bond motifs is 3. The molecule has 4 aliphatic rings. The second kappa shape index (κ2) is 7.66. The van der Waals surface area contributed by atoms with Gasteiger partial charge in [-0.2, -0.15) is 13.2 Å². The number of nitrogens with one attached hydrogen (secondary N) is 3. The molecule has 0 saturated carbocycles. The number of rotatable bonds is 4. The van der Waals surface area contributed by atoms with Gasteiger partial charge in [0.15, 0.2) is 12.4 Å². The lowest BCUT2D eigenvalue weighted by atomic mass is 10.1. The Morgan fingerprint density at radius 1 is 1.28 bits per heavy atom. The molecule has 0 aromatic carbocycles. The lowest BCUT2D eigenvalue weighted by molar-refractivity contribution is -0.401. The van der Waals surface area contributed by atoms with Crippen molar-refractivity contribution in [3.63, 3.8) is 0 Å². The van der Waals surface area contributed by atoms with E-state index in [1.54, 1.807) is 40.3 Å². The number of amides is 2. The third-order valence-corrected chi connectivity index (χ3v) is 6.00. The number of aromatic nitrogens is 1. The van der Waals surface area contributed by atoms with Crippen molar-refractivity contribution in [1.29, 1.82) is 0 Å². The van der Waals surface area contributed by atoms with Crippen LogP contribution in [-0.4, -0.2) is 59.3 Å². The summed E-state index contributed by atoms with van der Waals surface area (Å²) in [7, 11) is 0. The van der Waals surface area contributed by atoms with Gasteiger partial charge in [0.1, 0.15) is 5.70 Å². The number of hydrogen-bond acceptors (Lipinski definition) is 5. The molecular formula is C21H21F3N5O3+. The average Bonchev–Trinajstić information content (AvgIpc) is 3.51. The van der Waals surface area contributed by atoms with E-state index in [1.165, 1.54) is 18.3 Å². The van der Waals surface area contributed by atoms with Gasteiger partial charge in [-0.3, -0.25) is 9.59 Å². The molecule has 2 unspecified atom stereocenters. The van der Waals surface area contributed by atoms with E-state index in [2.05, 4.69) is 15.6 Å². The maximum Gasteiger partial charge on any atom is 0.418 e. The monoisotopic (exact) mass is 448 g/mol. The molecule has 5 heterocycles. The molecule has 0 spiro atoms. The Kier molecular flexibility index (Phi) is 4.92. The third-order valence-electron chi connectivity index (χ3n) is 6.00. The van der Waals surface area contributed by atoms with Crippen molar-refractivity contribution in [2.45, 2.75) is 37.0 Å². The van der Waals surface area contributed by atoms with Crippen molar-refractivity contribution in [2.75, 3.05) is 13.2 Å². The Labute approximate surface area is 181 Å². The van der Waals surface area contributed by atoms with E-state index >= 15 is 0 Å². The number of likely N-dealkylation sites (tertiary alicyclic amines) is 1. The number of halogens is 3. The molecule has 168 valence electrons. The first kappa shape index (κ1) is 20.6. The van der Waals surface area contributed by atoms with Crippen LogP contribution in [0.3, 0.4) is 0 Å². The van der Waals surface area contributed by atoms with E-state index in [0.29, 0.717) is 18.8 Å². The molecule has 3 N–H and O–H groups in total. The second-order valence-corrected chi connectivity index (χ2v) is 8.02. The fourth-order valence-corrected chi connectivity index (χ4v) is 4.49. The zero-order chi connectivity index (χ0) is 22.5. The highest BCUT2D eigenvalue weighted by atomic mass is 19.4. The van der Waals surface area contributed by atoms with Crippen LogP contribution in [0.25, 0.3) is 0 Å². The number of ether oxygens (including phenoxy) is 1. The lowest BCUT2D eigenvalue weighted by Crippen LogP contribution is -2.54. The molecule has 4 atom stereocenters. The second-order valence-electron chi connectivity index (χ2n) is 8.02. The van der Waals surface area contributed by atoms with E-state index in [-0.39, 0.29) is 29.4 Å². The Morgan fingerprint density at radius 2 is 2.12 bits per heavy atom. The van der Waals surface area contributed by atoms with Gasteiger partial charge in [-0.25, -0.2) is 4.98 Å². The van der Waals surface area contributed by atoms with Gasteiger partial charge in [0.2, 0.25) is 11.7 Å². The molecule has 8 nitrogen and oxygen atoms in total. The minimum atomic E-state index is -4.72. The predicted octanol–water partition coefficient (Wildman–Crippen LogP) is 0.746. The quantitative estimate of drug-likeness (QED) is 0.710. The fourth-order valence-electron chi connectivity index (χ4n) is 4.49. The van der Waals surface area contributed by atoms with Gasteiger partial charge in [-0.05, 0) is 18.6 Å². The highest BCUT2D eigenvalue weighted by Gasteiger charge is 2.49. The van der Waals surface area contributed by atoms with Gasteiger partial charge < -0.3 is 25.2 Å². The van der Waals surface area contributed by atoms with E-state index < -0.39 is 24.3 Å². The van der Waals surface area contributed by atoms with Crippen LogP contribution in [0.15, 0.2) is 60.2 Å². The number of pyridine rings is 1. The van der Waals surface area contributed by atoms with Crippen LogP contribution >= 0.6 is 0 Å². The molecular weight excluding hydrogens is 427 g/mol. The summed E-state index contributed by atoms with van der Waals surface area (Å²) in [6.07, 6.45) is 3.06. The van der Waals surface area contributed by atoms with Gasteiger partial charge in [0, 0.05) is 24.9 Å². The maximum atomic E-state index is 13.7. The molecule has 5 rings (SSSR count). The summed E-state index contributed by atoms with van der Waals surface area (Å²) >= 11 is 0. The van der Waals surface area contributed by atoms with Gasteiger partial charge in [0.05, 0.1) is 24.4 Å². The number of carbonyl (C=O) groups excluding carboxylic acids is 2. The van der Waals surface area contributed by atoms with E-state index in [4.69, 9.17) is 4.74 Å². The molecule has 2 fully saturated rings. The van der Waals surface area contributed by atoms with Crippen molar-refractivity contribution in [3.8, 4) is 0 Å². The number of aromatic amines is 1. The Balaban J connectivity index is 1.38. The molecule has 1 aromatic heterocycles. The number of nitrogens with zero attached hydrogens (tertiary/aromatic N) is 2. The molecule has 2 bridgehead atoms. The number of morpholine rings is 1. The largest absolute Gasteiger partial charge is 0.418 e. The van der Waals surface area contributed by atoms with Gasteiger partial charge in [-0.15, -0.1) is 0 Å². The van der Waals surface area contributed by atoms with Crippen LogP contribution in [0.4, 0.5) is 13.2 Å². The van der Waals surface area contributed by atoms with Crippen molar-refractivity contribution < 1.29 is 32.5 Å². The van der Waals surface area contributed by atoms with E-state index in [1.807, 2.05) is 0 Å². The zero-order valence-corrected chi connectivity index (χ0v) is 16.8. The Morgan fingerprint density at radius 3 is 2.78 bits per heavy atom. The maximum absolute atomic E-state index is 13.7. The van der Waals surface area contributed by atoms with Gasteiger partial charge >= 0.3 is 6.18 Å². The predicted molar refractivity (Wildman–Crippen MR) is 104 cm³/mol. The van der Waals surface area contributed by atoms with Crippen LogP contribution in [-0.2, 0) is 14.3 Å². The molecule has 0 radical (unpaired) electrons. The third kappa shape index (κ3) is 3.52. The number of H-pyrrole nitrogens is 1. The summed E-state index contributed by atoms with van der Waals surface area (Å²) < 4.78 is 46.6. The zero-order valence-electron chi connectivity index (χ0n) is 16.8. The summed E-state index contributed by atoms with van der Waals surface area (Å²) in [5.74, 6) is -1.20.